The molecule has 0 unspecified atom stereocenters. The lowest BCUT2D eigenvalue weighted by Crippen LogP contribution is -2.28. The predicted molar refractivity (Wildman–Crippen MR) is 114 cm³/mol. The second kappa shape index (κ2) is 9.80. The number of carbonyl (C=O) groups is 4. The third kappa shape index (κ3) is 5.34. The molecular formula is C21H18Cl2N2O6. The zero-order chi connectivity index (χ0) is 22.5. The number of esters is 2. The fourth-order valence-electron chi connectivity index (χ4n) is 3.05. The van der Waals surface area contributed by atoms with E-state index in [1.807, 2.05) is 0 Å². The fourth-order valence-corrected chi connectivity index (χ4v) is 3.40. The Morgan fingerprint density at radius 2 is 1.84 bits per heavy atom. The molecule has 31 heavy (non-hydrogen) atoms. The number of nitrogens with one attached hydrogen (secondary N) is 1. The largest absolute Gasteiger partial charge is 0.465 e. The number of anilines is 2. The van der Waals surface area contributed by atoms with Crippen LogP contribution in [0.5, 0.6) is 0 Å². The van der Waals surface area contributed by atoms with Crippen LogP contribution in [0.15, 0.2) is 42.5 Å². The number of halogens is 2. The van der Waals surface area contributed by atoms with Crippen LogP contribution in [-0.4, -0.2) is 44.0 Å². The fraction of sp³-hybridized carbons (Fsp3) is 0.238. The molecule has 3 rings (SSSR count). The van der Waals surface area contributed by atoms with Crippen molar-refractivity contribution in [1.29, 1.82) is 0 Å². The highest BCUT2D eigenvalue weighted by atomic mass is 35.5. The molecule has 1 aliphatic heterocycles. The van der Waals surface area contributed by atoms with Gasteiger partial charge >= 0.3 is 11.9 Å². The normalized spacial score (nSPS) is 15.5. The number of hydrogen-bond acceptors (Lipinski definition) is 6. The van der Waals surface area contributed by atoms with Gasteiger partial charge in [0.05, 0.1) is 34.3 Å². The van der Waals surface area contributed by atoms with Gasteiger partial charge in [-0.2, -0.15) is 0 Å². The van der Waals surface area contributed by atoms with Crippen LogP contribution in [0.25, 0.3) is 0 Å². The van der Waals surface area contributed by atoms with Crippen LogP contribution in [-0.2, 0) is 23.9 Å². The van der Waals surface area contributed by atoms with Crippen molar-refractivity contribution in [3.05, 3.63) is 58.1 Å². The van der Waals surface area contributed by atoms with Gasteiger partial charge in [-0.15, -0.1) is 0 Å². The third-order valence-corrected chi connectivity index (χ3v) is 5.45. The minimum Gasteiger partial charge on any atom is -0.465 e. The van der Waals surface area contributed by atoms with Gasteiger partial charge in [-0.05, 0) is 36.4 Å². The molecule has 0 saturated carbocycles. The molecule has 0 spiro atoms. The first-order valence-electron chi connectivity index (χ1n) is 9.19. The summed E-state index contributed by atoms with van der Waals surface area (Å²) in [5, 5.41) is 2.97. The second-order valence-electron chi connectivity index (χ2n) is 6.70. The van der Waals surface area contributed by atoms with E-state index in [4.69, 9.17) is 27.9 Å². The van der Waals surface area contributed by atoms with Crippen molar-refractivity contribution < 1.29 is 28.7 Å². The summed E-state index contributed by atoms with van der Waals surface area (Å²) in [6.07, 6.45) is -0.0423. The minimum absolute atomic E-state index is 0.0423. The molecule has 2 aromatic carbocycles. The smallest absolute Gasteiger partial charge is 0.337 e. The summed E-state index contributed by atoms with van der Waals surface area (Å²) in [6, 6.07) is 11.0. The van der Waals surface area contributed by atoms with E-state index in [-0.39, 0.29) is 28.9 Å². The van der Waals surface area contributed by atoms with Gasteiger partial charge in [-0.25, -0.2) is 4.79 Å². The number of amides is 2. The summed E-state index contributed by atoms with van der Waals surface area (Å²) in [5.74, 6) is -2.71. The lowest BCUT2D eigenvalue weighted by molar-refractivity contribution is -0.151. The van der Waals surface area contributed by atoms with Crippen molar-refractivity contribution >= 4 is 58.3 Å². The standard InChI is InChI=1S/C21H18Cl2N2O6/c1-30-20(28)12-5-7-14(8-6-12)25-10-13(9-18(25)27)21(29)31-11-17(26)24-16-4-2-3-15(22)19(16)23/h2-8,13H,9-11H2,1H3,(H,24,26)/t13-/m0/s1. The van der Waals surface area contributed by atoms with Gasteiger partial charge in [-0.1, -0.05) is 29.3 Å². The summed E-state index contributed by atoms with van der Waals surface area (Å²) >= 11 is 11.9. The molecule has 0 aliphatic carbocycles. The van der Waals surface area contributed by atoms with Crippen molar-refractivity contribution in [2.45, 2.75) is 6.42 Å². The van der Waals surface area contributed by atoms with E-state index in [2.05, 4.69) is 10.1 Å². The van der Waals surface area contributed by atoms with Gasteiger partial charge in [0, 0.05) is 18.7 Å². The summed E-state index contributed by atoms with van der Waals surface area (Å²) in [7, 11) is 1.28. The maximum absolute atomic E-state index is 12.3. The first-order chi connectivity index (χ1) is 14.8. The highest BCUT2D eigenvalue weighted by Gasteiger charge is 2.36. The number of nitrogens with zero attached hydrogens (tertiary/aromatic N) is 1. The Balaban J connectivity index is 1.54. The average Bonchev–Trinajstić information content (AvgIpc) is 3.16. The number of rotatable bonds is 6. The molecule has 162 valence electrons. The number of benzene rings is 2. The van der Waals surface area contributed by atoms with Gasteiger partial charge in [-0.3, -0.25) is 14.4 Å². The Morgan fingerprint density at radius 1 is 1.13 bits per heavy atom. The van der Waals surface area contributed by atoms with Crippen LogP contribution in [0.1, 0.15) is 16.8 Å². The topological polar surface area (TPSA) is 102 Å². The molecule has 2 amide bonds. The van der Waals surface area contributed by atoms with Gasteiger partial charge in [0.2, 0.25) is 5.91 Å². The van der Waals surface area contributed by atoms with E-state index < -0.39 is 30.4 Å². The molecule has 1 atom stereocenters. The molecule has 1 heterocycles. The van der Waals surface area contributed by atoms with E-state index in [1.54, 1.807) is 30.3 Å². The highest BCUT2D eigenvalue weighted by Crippen LogP contribution is 2.29. The van der Waals surface area contributed by atoms with Crippen LogP contribution in [0.4, 0.5) is 11.4 Å². The maximum atomic E-state index is 12.3. The zero-order valence-electron chi connectivity index (χ0n) is 16.4. The second-order valence-corrected chi connectivity index (χ2v) is 7.49. The van der Waals surface area contributed by atoms with E-state index in [9.17, 15) is 19.2 Å². The van der Waals surface area contributed by atoms with E-state index in [1.165, 1.54) is 24.1 Å². The molecule has 2 aromatic rings. The zero-order valence-corrected chi connectivity index (χ0v) is 17.9. The number of hydrogen-bond donors (Lipinski definition) is 1. The highest BCUT2D eigenvalue weighted by molar-refractivity contribution is 6.44. The van der Waals surface area contributed by atoms with Crippen LogP contribution < -0.4 is 10.2 Å². The SMILES string of the molecule is COC(=O)c1ccc(N2C[C@@H](C(=O)OCC(=O)Nc3cccc(Cl)c3Cl)CC2=O)cc1. The van der Waals surface area contributed by atoms with E-state index in [0.717, 1.165) is 0 Å². The molecule has 0 aromatic heterocycles. The van der Waals surface area contributed by atoms with Crippen molar-refractivity contribution in [2.24, 2.45) is 5.92 Å². The van der Waals surface area contributed by atoms with Gasteiger partial charge < -0.3 is 19.7 Å². The first kappa shape index (κ1) is 22.6. The molecule has 1 aliphatic rings. The van der Waals surface area contributed by atoms with Crippen molar-refractivity contribution in [3.8, 4) is 0 Å². The Labute approximate surface area is 188 Å². The van der Waals surface area contributed by atoms with Crippen LogP contribution in [0.3, 0.4) is 0 Å². The van der Waals surface area contributed by atoms with Gasteiger partial charge in [0.15, 0.2) is 6.61 Å². The predicted octanol–water partition coefficient (Wildman–Crippen LogP) is 3.31. The van der Waals surface area contributed by atoms with E-state index in [0.29, 0.717) is 16.9 Å². The average molecular weight is 465 g/mol. The Morgan fingerprint density at radius 3 is 2.52 bits per heavy atom. The molecule has 0 radical (unpaired) electrons. The monoisotopic (exact) mass is 464 g/mol. The minimum atomic E-state index is -0.713. The number of ether oxygens (including phenoxy) is 2. The molecule has 0 bridgehead atoms. The van der Waals surface area contributed by atoms with Gasteiger partial charge in [0.1, 0.15) is 0 Å². The van der Waals surface area contributed by atoms with E-state index >= 15 is 0 Å². The van der Waals surface area contributed by atoms with Crippen LogP contribution >= 0.6 is 23.2 Å². The van der Waals surface area contributed by atoms with Gasteiger partial charge in [0.25, 0.3) is 5.91 Å². The number of methoxy groups -OCH3 is 1. The molecule has 1 saturated heterocycles. The third-order valence-electron chi connectivity index (χ3n) is 4.63. The Bertz CT molecular complexity index is 1030. The number of carbonyl (C=O) groups excluding carboxylic acids is 4. The van der Waals surface area contributed by atoms with Crippen LogP contribution in [0, 0.1) is 5.92 Å². The summed E-state index contributed by atoms with van der Waals surface area (Å²) in [6.45, 7) is -0.419. The molecule has 1 N–H and O–H groups in total. The van der Waals surface area contributed by atoms with Crippen molar-refractivity contribution in [2.75, 3.05) is 30.5 Å². The molecule has 10 heteroatoms. The molecular weight excluding hydrogens is 447 g/mol. The quantitative estimate of drug-likeness (QED) is 0.657. The van der Waals surface area contributed by atoms with Crippen molar-refractivity contribution in [3.63, 3.8) is 0 Å². The summed E-state index contributed by atoms with van der Waals surface area (Å²) in [5.41, 5.74) is 1.19. The Kier molecular flexibility index (Phi) is 7.14. The maximum Gasteiger partial charge on any atom is 0.337 e. The lowest BCUT2D eigenvalue weighted by atomic mass is 10.1. The Hall–Kier alpha value is -3.10. The summed E-state index contributed by atoms with van der Waals surface area (Å²) in [4.78, 5) is 49.7. The molecule has 1 fully saturated rings. The molecule has 8 nitrogen and oxygen atoms in total. The lowest BCUT2D eigenvalue weighted by Gasteiger charge is -2.17. The first-order valence-corrected chi connectivity index (χ1v) is 9.95. The van der Waals surface area contributed by atoms with Crippen molar-refractivity contribution in [1.82, 2.24) is 0 Å². The summed E-state index contributed by atoms with van der Waals surface area (Å²) < 4.78 is 9.70. The van der Waals surface area contributed by atoms with Crippen LogP contribution in [0.2, 0.25) is 10.0 Å².